The third kappa shape index (κ3) is 7.74. The number of esters is 1. The molecule has 0 radical (unpaired) electrons. The quantitative estimate of drug-likeness (QED) is 0.417. The molecule has 1 atom stereocenters. The van der Waals surface area contributed by atoms with Gasteiger partial charge in [0.1, 0.15) is 6.10 Å². The molecule has 13 heavy (non-hydrogen) atoms. The molecular formula is C9H18O4. The molecule has 0 saturated carbocycles. The average Bonchev–Trinajstić information content (AvgIpc) is 1.99. The summed E-state index contributed by atoms with van der Waals surface area (Å²) < 4.78 is 4.95. The maximum absolute atomic E-state index is 11.0. The van der Waals surface area contributed by atoms with Crippen molar-refractivity contribution in [1.82, 2.24) is 0 Å². The van der Waals surface area contributed by atoms with Crippen molar-refractivity contribution in [2.45, 2.75) is 40.2 Å². The first kappa shape index (κ1) is 12.4. The minimum Gasteiger partial charge on any atom is -0.465 e. The Bertz CT molecular complexity index is 159. The van der Waals surface area contributed by atoms with Crippen molar-refractivity contribution in [2.24, 2.45) is 5.41 Å². The van der Waals surface area contributed by atoms with Crippen LogP contribution in [0.2, 0.25) is 0 Å². The molecule has 0 saturated heterocycles. The van der Waals surface area contributed by atoms with Crippen molar-refractivity contribution in [3.63, 3.8) is 0 Å². The standard InChI is InChI=1S/C9H18O4/c1-7(13-11)5-8(10)12-6-9(2,3)4/h7,11H,5-6H2,1-4H3. The topological polar surface area (TPSA) is 55.8 Å². The molecule has 0 bridgehead atoms. The lowest BCUT2D eigenvalue weighted by Crippen LogP contribution is -2.21. The second-order valence-corrected chi connectivity index (χ2v) is 4.34. The van der Waals surface area contributed by atoms with Crippen molar-refractivity contribution >= 4 is 5.97 Å². The van der Waals surface area contributed by atoms with E-state index in [0.29, 0.717) is 6.61 Å². The van der Waals surface area contributed by atoms with E-state index in [2.05, 4.69) is 4.89 Å². The van der Waals surface area contributed by atoms with Gasteiger partial charge in [0, 0.05) is 0 Å². The number of carbonyl (C=O) groups excluding carboxylic acids is 1. The van der Waals surface area contributed by atoms with Gasteiger partial charge in [-0.05, 0) is 12.3 Å². The van der Waals surface area contributed by atoms with Crippen LogP contribution in [0, 0.1) is 5.41 Å². The van der Waals surface area contributed by atoms with E-state index in [1.807, 2.05) is 20.8 Å². The summed E-state index contributed by atoms with van der Waals surface area (Å²) in [5, 5.41) is 8.20. The second kappa shape index (κ2) is 5.19. The second-order valence-electron chi connectivity index (χ2n) is 4.34. The first-order valence-electron chi connectivity index (χ1n) is 4.31. The lowest BCUT2D eigenvalue weighted by atomic mass is 9.99. The zero-order chi connectivity index (χ0) is 10.5. The van der Waals surface area contributed by atoms with Crippen LogP contribution in [-0.4, -0.2) is 23.9 Å². The fraction of sp³-hybridized carbons (Fsp3) is 0.889. The van der Waals surface area contributed by atoms with Crippen LogP contribution in [0.25, 0.3) is 0 Å². The van der Waals surface area contributed by atoms with Crippen LogP contribution in [0.3, 0.4) is 0 Å². The number of rotatable bonds is 4. The number of carbonyl (C=O) groups is 1. The third-order valence-electron chi connectivity index (χ3n) is 1.30. The van der Waals surface area contributed by atoms with Crippen LogP contribution in [0.5, 0.6) is 0 Å². The highest BCUT2D eigenvalue weighted by Crippen LogP contribution is 2.13. The molecule has 0 amide bonds. The zero-order valence-corrected chi connectivity index (χ0v) is 8.66. The molecule has 0 rings (SSSR count). The molecule has 4 nitrogen and oxygen atoms in total. The predicted octanol–water partition coefficient (Wildman–Crippen LogP) is 1.84. The van der Waals surface area contributed by atoms with E-state index in [0.717, 1.165) is 0 Å². The molecule has 0 aliphatic heterocycles. The van der Waals surface area contributed by atoms with Gasteiger partial charge in [0.05, 0.1) is 13.0 Å². The van der Waals surface area contributed by atoms with Crippen molar-refractivity contribution < 1.29 is 19.7 Å². The van der Waals surface area contributed by atoms with Crippen LogP contribution in [0.4, 0.5) is 0 Å². The van der Waals surface area contributed by atoms with Gasteiger partial charge in [-0.15, -0.1) is 0 Å². The van der Waals surface area contributed by atoms with E-state index >= 15 is 0 Å². The van der Waals surface area contributed by atoms with Gasteiger partial charge in [0.15, 0.2) is 0 Å². The third-order valence-corrected chi connectivity index (χ3v) is 1.30. The Morgan fingerprint density at radius 3 is 2.38 bits per heavy atom. The van der Waals surface area contributed by atoms with E-state index in [1.54, 1.807) is 6.92 Å². The first-order chi connectivity index (χ1) is 5.85. The molecule has 0 aromatic carbocycles. The van der Waals surface area contributed by atoms with E-state index in [-0.39, 0.29) is 17.8 Å². The molecule has 4 heteroatoms. The minimum atomic E-state index is -0.507. The first-order valence-corrected chi connectivity index (χ1v) is 4.31. The molecular weight excluding hydrogens is 172 g/mol. The summed E-state index contributed by atoms with van der Waals surface area (Å²) >= 11 is 0. The van der Waals surface area contributed by atoms with Crippen molar-refractivity contribution in [3.8, 4) is 0 Å². The summed E-state index contributed by atoms with van der Waals surface area (Å²) in [7, 11) is 0. The summed E-state index contributed by atoms with van der Waals surface area (Å²) in [5.74, 6) is -0.350. The molecule has 0 aliphatic rings. The van der Waals surface area contributed by atoms with E-state index in [4.69, 9.17) is 9.99 Å². The SMILES string of the molecule is CC(CC(=O)OCC(C)(C)C)OO. The Labute approximate surface area is 78.8 Å². The van der Waals surface area contributed by atoms with Crippen LogP contribution < -0.4 is 0 Å². The Morgan fingerprint density at radius 2 is 2.00 bits per heavy atom. The van der Waals surface area contributed by atoms with Gasteiger partial charge < -0.3 is 4.74 Å². The highest BCUT2D eigenvalue weighted by Gasteiger charge is 2.15. The predicted molar refractivity (Wildman–Crippen MR) is 48.2 cm³/mol. The van der Waals surface area contributed by atoms with Gasteiger partial charge in [-0.2, -0.15) is 0 Å². The fourth-order valence-corrected chi connectivity index (χ4v) is 0.628. The van der Waals surface area contributed by atoms with E-state index in [1.165, 1.54) is 0 Å². The van der Waals surface area contributed by atoms with Crippen LogP contribution >= 0.6 is 0 Å². The van der Waals surface area contributed by atoms with Crippen LogP contribution in [0.1, 0.15) is 34.1 Å². The van der Waals surface area contributed by atoms with E-state index < -0.39 is 6.10 Å². The van der Waals surface area contributed by atoms with Gasteiger partial charge in [-0.25, -0.2) is 4.89 Å². The van der Waals surface area contributed by atoms with E-state index in [9.17, 15) is 4.79 Å². The molecule has 0 aromatic heterocycles. The maximum atomic E-state index is 11.0. The summed E-state index contributed by atoms with van der Waals surface area (Å²) in [4.78, 5) is 15.0. The minimum absolute atomic E-state index is 0.0288. The zero-order valence-electron chi connectivity index (χ0n) is 8.66. The van der Waals surface area contributed by atoms with Gasteiger partial charge >= 0.3 is 5.97 Å². The molecule has 1 N–H and O–H groups in total. The lowest BCUT2D eigenvalue weighted by molar-refractivity contribution is -0.275. The molecule has 0 aromatic rings. The Morgan fingerprint density at radius 1 is 1.46 bits per heavy atom. The Kier molecular flexibility index (Phi) is 4.95. The average molecular weight is 190 g/mol. The highest BCUT2D eigenvalue weighted by atomic mass is 17.1. The number of hydrogen-bond donors (Lipinski definition) is 1. The van der Waals surface area contributed by atoms with Crippen LogP contribution in [-0.2, 0) is 14.4 Å². The largest absolute Gasteiger partial charge is 0.465 e. The Hall–Kier alpha value is -0.610. The fourth-order valence-electron chi connectivity index (χ4n) is 0.628. The van der Waals surface area contributed by atoms with Crippen molar-refractivity contribution in [1.29, 1.82) is 0 Å². The van der Waals surface area contributed by atoms with Crippen molar-refractivity contribution in [2.75, 3.05) is 6.61 Å². The Balaban J connectivity index is 3.64. The van der Waals surface area contributed by atoms with Gasteiger partial charge in [-0.1, -0.05) is 20.8 Å². The maximum Gasteiger partial charge on any atom is 0.308 e. The molecule has 0 aliphatic carbocycles. The highest BCUT2D eigenvalue weighted by molar-refractivity contribution is 5.69. The lowest BCUT2D eigenvalue weighted by Gasteiger charge is -2.18. The van der Waals surface area contributed by atoms with Crippen molar-refractivity contribution in [3.05, 3.63) is 0 Å². The molecule has 1 unspecified atom stereocenters. The normalized spacial score (nSPS) is 13.9. The molecule has 0 heterocycles. The smallest absolute Gasteiger partial charge is 0.308 e. The van der Waals surface area contributed by atoms with Gasteiger partial charge in [0.2, 0.25) is 0 Å². The molecule has 0 spiro atoms. The van der Waals surface area contributed by atoms with Gasteiger partial charge in [-0.3, -0.25) is 10.1 Å². The monoisotopic (exact) mass is 190 g/mol. The number of ether oxygens (including phenoxy) is 1. The summed E-state index contributed by atoms with van der Waals surface area (Å²) in [5.41, 5.74) is -0.0288. The van der Waals surface area contributed by atoms with Gasteiger partial charge in [0.25, 0.3) is 0 Å². The molecule has 78 valence electrons. The molecule has 0 fully saturated rings. The number of hydrogen-bond acceptors (Lipinski definition) is 4. The van der Waals surface area contributed by atoms with Crippen LogP contribution in [0.15, 0.2) is 0 Å². The summed E-state index contributed by atoms with van der Waals surface area (Å²) in [6.45, 7) is 7.91. The summed E-state index contributed by atoms with van der Waals surface area (Å²) in [6.07, 6.45) is -0.431. The summed E-state index contributed by atoms with van der Waals surface area (Å²) in [6, 6.07) is 0.